The lowest BCUT2D eigenvalue weighted by molar-refractivity contribution is 0.113. The Kier molecular flexibility index (Phi) is 4.72. The fourth-order valence-electron chi connectivity index (χ4n) is 4.79. The van der Waals surface area contributed by atoms with Crippen molar-refractivity contribution in [2.24, 2.45) is 5.92 Å². The zero-order chi connectivity index (χ0) is 20.0. The molecule has 2 bridgehead atoms. The molecule has 1 saturated heterocycles. The molecule has 0 unspecified atom stereocenters. The van der Waals surface area contributed by atoms with Gasteiger partial charge >= 0.3 is 0 Å². The highest BCUT2D eigenvalue weighted by molar-refractivity contribution is 6.31. The predicted molar refractivity (Wildman–Crippen MR) is 111 cm³/mol. The number of piperidine rings is 1. The molecule has 0 spiro atoms. The van der Waals surface area contributed by atoms with Crippen molar-refractivity contribution in [1.82, 2.24) is 14.5 Å². The molecule has 1 fully saturated rings. The maximum Gasteiger partial charge on any atom is 0.251 e. The van der Waals surface area contributed by atoms with Crippen LogP contribution >= 0.6 is 11.6 Å². The van der Waals surface area contributed by atoms with Crippen LogP contribution in [0.25, 0.3) is 11.1 Å². The molecule has 5 rings (SSSR count). The maximum absolute atomic E-state index is 14.3. The van der Waals surface area contributed by atoms with E-state index in [4.69, 9.17) is 11.6 Å². The molecule has 29 heavy (non-hydrogen) atoms. The second kappa shape index (κ2) is 7.39. The Morgan fingerprint density at radius 2 is 2.00 bits per heavy atom. The third kappa shape index (κ3) is 3.49. The summed E-state index contributed by atoms with van der Waals surface area (Å²) in [4.78, 5) is 19.3. The van der Waals surface area contributed by atoms with E-state index in [0.29, 0.717) is 29.6 Å². The smallest absolute Gasteiger partial charge is 0.251 e. The number of likely N-dealkylation sites (tertiary alicyclic amines) is 1. The minimum atomic E-state index is -0.260. The second-order valence-corrected chi connectivity index (χ2v) is 8.46. The predicted octanol–water partition coefficient (Wildman–Crippen LogP) is 4.32. The van der Waals surface area contributed by atoms with E-state index < -0.39 is 0 Å². The molecule has 148 valence electrons. The molecule has 0 N–H and O–H groups in total. The van der Waals surface area contributed by atoms with Gasteiger partial charge in [0.25, 0.3) is 5.56 Å². The van der Waals surface area contributed by atoms with E-state index in [1.807, 2.05) is 16.7 Å². The Bertz CT molecular complexity index is 1090. The summed E-state index contributed by atoms with van der Waals surface area (Å²) in [5.41, 5.74) is 3.51. The van der Waals surface area contributed by atoms with Crippen molar-refractivity contribution in [2.75, 3.05) is 13.1 Å². The highest BCUT2D eigenvalue weighted by Gasteiger charge is 2.35. The van der Waals surface area contributed by atoms with Gasteiger partial charge in [0.2, 0.25) is 0 Å². The van der Waals surface area contributed by atoms with Crippen LogP contribution in [0.5, 0.6) is 0 Å². The third-order valence-corrected chi connectivity index (χ3v) is 6.42. The SMILES string of the molecule is O=c1cc(-c2cccnc2)cc2n1C[C@H]1C[C@@H]2CN(Cc2c(F)cccc2Cl)C1. The lowest BCUT2D eigenvalue weighted by Crippen LogP contribution is -2.46. The van der Waals surface area contributed by atoms with Crippen LogP contribution in [0.1, 0.15) is 23.6 Å². The van der Waals surface area contributed by atoms with Gasteiger partial charge in [-0.1, -0.05) is 23.7 Å². The van der Waals surface area contributed by atoms with Crippen molar-refractivity contribution in [1.29, 1.82) is 0 Å². The van der Waals surface area contributed by atoms with Crippen molar-refractivity contribution in [3.8, 4) is 11.1 Å². The van der Waals surface area contributed by atoms with Gasteiger partial charge < -0.3 is 4.57 Å². The third-order valence-electron chi connectivity index (χ3n) is 6.07. The van der Waals surface area contributed by atoms with E-state index in [2.05, 4.69) is 16.0 Å². The van der Waals surface area contributed by atoms with Crippen LogP contribution in [-0.2, 0) is 13.1 Å². The Labute approximate surface area is 173 Å². The molecule has 6 heteroatoms. The standard InChI is InChI=1S/C23H21ClFN3O/c24-20-4-1-5-21(25)19(20)14-27-11-15-7-18(13-27)22-8-17(9-23(29)28(22)12-15)16-3-2-6-26-10-16/h1-6,8-10,15,18H,7,11-14H2/t15-,18+/m0/s1. The number of hydrogen-bond donors (Lipinski definition) is 0. The maximum atomic E-state index is 14.3. The summed E-state index contributed by atoms with van der Waals surface area (Å²) in [6.07, 6.45) is 4.56. The molecule has 0 saturated carbocycles. The Morgan fingerprint density at radius 1 is 1.10 bits per heavy atom. The monoisotopic (exact) mass is 409 g/mol. The highest BCUT2D eigenvalue weighted by atomic mass is 35.5. The summed E-state index contributed by atoms with van der Waals surface area (Å²) >= 11 is 6.24. The first-order valence-corrected chi connectivity index (χ1v) is 10.3. The highest BCUT2D eigenvalue weighted by Crippen LogP contribution is 2.37. The van der Waals surface area contributed by atoms with E-state index in [9.17, 15) is 9.18 Å². The number of hydrogen-bond acceptors (Lipinski definition) is 3. The van der Waals surface area contributed by atoms with Crippen LogP contribution in [0.4, 0.5) is 4.39 Å². The molecule has 2 aliphatic heterocycles. The molecule has 2 aliphatic rings. The van der Waals surface area contributed by atoms with Gasteiger partial charge in [-0.05, 0) is 42.2 Å². The van der Waals surface area contributed by atoms with Gasteiger partial charge in [-0.25, -0.2) is 4.39 Å². The van der Waals surface area contributed by atoms with E-state index in [1.54, 1.807) is 30.6 Å². The summed E-state index contributed by atoms with van der Waals surface area (Å²) in [5, 5.41) is 0.469. The normalized spacial score (nSPS) is 21.0. The fraction of sp³-hybridized carbons (Fsp3) is 0.304. The number of rotatable bonds is 3. The molecular formula is C23H21ClFN3O. The van der Waals surface area contributed by atoms with E-state index in [1.165, 1.54) is 6.07 Å². The first-order valence-electron chi connectivity index (χ1n) is 9.89. The van der Waals surface area contributed by atoms with Gasteiger partial charge in [-0.15, -0.1) is 0 Å². The van der Waals surface area contributed by atoms with Gasteiger partial charge in [0, 0.05) is 72.4 Å². The Hall–Kier alpha value is -2.50. The summed E-state index contributed by atoms with van der Waals surface area (Å²) in [6.45, 7) is 2.83. The molecule has 1 aromatic carbocycles. The number of pyridine rings is 2. The van der Waals surface area contributed by atoms with Crippen LogP contribution in [0.3, 0.4) is 0 Å². The van der Waals surface area contributed by atoms with E-state index in [0.717, 1.165) is 36.3 Å². The topological polar surface area (TPSA) is 38.1 Å². The van der Waals surface area contributed by atoms with Crippen molar-refractivity contribution >= 4 is 11.6 Å². The summed E-state index contributed by atoms with van der Waals surface area (Å²) < 4.78 is 16.2. The average molecular weight is 410 g/mol. The lowest BCUT2D eigenvalue weighted by atomic mass is 9.82. The van der Waals surface area contributed by atoms with E-state index in [-0.39, 0.29) is 17.3 Å². The Morgan fingerprint density at radius 3 is 2.79 bits per heavy atom. The minimum Gasteiger partial charge on any atom is -0.312 e. The van der Waals surface area contributed by atoms with Crippen LogP contribution in [0, 0.1) is 11.7 Å². The van der Waals surface area contributed by atoms with Gasteiger partial charge in [0.05, 0.1) is 0 Å². The van der Waals surface area contributed by atoms with Crippen LogP contribution in [0.2, 0.25) is 5.02 Å². The number of aromatic nitrogens is 2. The fourth-order valence-corrected chi connectivity index (χ4v) is 5.02. The van der Waals surface area contributed by atoms with E-state index >= 15 is 0 Å². The zero-order valence-electron chi connectivity index (χ0n) is 15.9. The number of halogens is 2. The van der Waals surface area contributed by atoms with Crippen LogP contribution in [0.15, 0.2) is 59.7 Å². The molecule has 0 radical (unpaired) electrons. The minimum absolute atomic E-state index is 0.0432. The van der Waals surface area contributed by atoms with Crippen molar-refractivity contribution in [3.05, 3.63) is 87.3 Å². The molecule has 0 aliphatic carbocycles. The van der Waals surface area contributed by atoms with Crippen molar-refractivity contribution in [3.63, 3.8) is 0 Å². The van der Waals surface area contributed by atoms with Crippen LogP contribution in [-0.4, -0.2) is 27.5 Å². The summed E-state index contributed by atoms with van der Waals surface area (Å²) in [5.74, 6) is 0.370. The van der Waals surface area contributed by atoms with Gasteiger partial charge in [0.15, 0.2) is 0 Å². The average Bonchev–Trinajstić information content (AvgIpc) is 2.72. The number of fused-ring (bicyclic) bond motifs is 4. The molecule has 2 atom stereocenters. The molecular weight excluding hydrogens is 389 g/mol. The van der Waals surface area contributed by atoms with Gasteiger partial charge in [-0.3, -0.25) is 14.7 Å². The lowest BCUT2D eigenvalue weighted by Gasteiger charge is -2.43. The Balaban J connectivity index is 1.47. The van der Waals surface area contributed by atoms with Gasteiger partial charge in [-0.2, -0.15) is 0 Å². The molecule has 4 nitrogen and oxygen atoms in total. The summed E-state index contributed by atoms with van der Waals surface area (Å²) in [7, 11) is 0. The van der Waals surface area contributed by atoms with Crippen molar-refractivity contribution < 1.29 is 4.39 Å². The zero-order valence-corrected chi connectivity index (χ0v) is 16.6. The molecule has 4 heterocycles. The second-order valence-electron chi connectivity index (χ2n) is 8.05. The summed E-state index contributed by atoms with van der Waals surface area (Å²) in [6, 6.07) is 12.5. The van der Waals surface area contributed by atoms with Crippen molar-refractivity contribution in [2.45, 2.75) is 25.4 Å². The molecule has 0 amide bonds. The van der Waals surface area contributed by atoms with Crippen LogP contribution < -0.4 is 5.56 Å². The number of nitrogens with zero attached hydrogens (tertiary/aromatic N) is 3. The number of benzene rings is 1. The quantitative estimate of drug-likeness (QED) is 0.646. The van der Waals surface area contributed by atoms with Gasteiger partial charge in [0.1, 0.15) is 5.82 Å². The largest absolute Gasteiger partial charge is 0.312 e. The molecule has 3 aromatic rings. The first kappa shape index (κ1) is 18.5. The first-order chi connectivity index (χ1) is 14.1. The molecule has 2 aromatic heterocycles.